The van der Waals surface area contributed by atoms with E-state index in [0.29, 0.717) is 10.8 Å². The summed E-state index contributed by atoms with van der Waals surface area (Å²) < 4.78 is 0. The highest BCUT2D eigenvalue weighted by atomic mass is 32.2. The van der Waals surface area contributed by atoms with Gasteiger partial charge in [-0.1, -0.05) is 42.1 Å². The molecule has 2 rings (SSSR count). The van der Waals surface area contributed by atoms with Crippen molar-refractivity contribution in [3.8, 4) is 0 Å². The summed E-state index contributed by atoms with van der Waals surface area (Å²) in [4.78, 5) is 17.4. The predicted octanol–water partition coefficient (Wildman–Crippen LogP) is 2.40. The molecule has 0 unspecified atom stereocenters. The second-order valence-electron chi connectivity index (χ2n) is 3.16. The lowest BCUT2D eigenvalue weighted by atomic mass is 10.2. The van der Waals surface area contributed by atoms with Crippen molar-refractivity contribution in [3.05, 3.63) is 47.9 Å². The lowest BCUT2D eigenvalue weighted by molar-refractivity contribution is 0.0687. The monoisotopic (exact) mass is 234 g/mol. The Hall–Kier alpha value is -1.75. The average Bonchev–Trinajstić information content (AvgIpc) is 2.76. The summed E-state index contributed by atoms with van der Waals surface area (Å²) in [5.41, 5.74) is 1.30. The molecule has 1 aromatic carbocycles. The van der Waals surface area contributed by atoms with Crippen molar-refractivity contribution in [2.75, 3.05) is 0 Å². The maximum Gasteiger partial charge on any atom is 0.355 e. The summed E-state index contributed by atoms with van der Waals surface area (Å²) in [6.45, 7) is 0. The molecule has 0 fully saturated rings. The molecule has 1 heterocycles. The molecule has 0 radical (unpaired) electrons. The molecule has 2 aromatic rings. The van der Waals surface area contributed by atoms with Crippen LogP contribution in [0.1, 0.15) is 16.1 Å². The lowest BCUT2D eigenvalue weighted by Crippen LogP contribution is -1.98. The van der Waals surface area contributed by atoms with Gasteiger partial charge >= 0.3 is 5.97 Å². The van der Waals surface area contributed by atoms with Crippen LogP contribution >= 0.6 is 11.8 Å². The first-order chi connectivity index (χ1) is 7.77. The van der Waals surface area contributed by atoms with E-state index < -0.39 is 5.97 Å². The Morgan fingerprint density at radius 2 is 2.12 bits per heavy atom. The van der Waals surface area contributed by atoms with E-state index in [0.717, 1.165) is 5.56 Å². The van der Waals surface area contributed by atoms with Crippen molar-refractivity contribution in [1.82, 2.24) is 9.97 Å². The Labute approximate surface area is 96.7 Å². The number of benzene rings is 1. The number of imidazole rings is 1. The standard InChI is InChI=1S/C11H10N2O2S/c14-11(15)9-10(13-7-12-9)16-6-8-4-2-1-3-5-8/h1-5,7H,6H2,(H,12,13)(H,14,15). The van der Waals surface area contributed by atoms with Gasteiger partial charge in [-0.25, -0.2) is 9.78 Å². The van der Waals surface area contributed by atoms with Crippen molar-refractivity contribution in [3.63, 3.8) is 0 Å². The van der Waals surface area contributed by atoms with Crippen LogP contribution in [0.3, 0.4) is 0 Å². The normalized spacial score (nSPS) is 10.2. The molecule has 0 saturated heterocycles. The van der Waals surface area contributed by atoms with E-state index in [-0.39, 0.29) is 5.69 Å². The molecule has 0 bridgehead atoms. The van der Waals surface area contributed by atoms with Crippen LogP contribution in [0, 0.1) is 0 Å². The molecule has 0 saturated carbocycles. The summed E-state index contributed by atoms with van der Waals surface area (Å²) in [7, 11) is 0. The smallest absolute Gasteiger partial charge is 0.355 e. The van der Waals surface area contributed by atoms with Crippen molar-refractivity contribution in [2.45, 2.75) is 10.8 Å². The third kappa shape index (κ3) is 2.43. The second kappa shape index (κ2) is 4.85. The number of aromatic amines is 1. The maximum absolute atomic E-state index is 10.8. The number of nitrogens with zero attached hydrogens (tertiary/aromatic N) is 1. The minimum Gasteiger partial charge on any atom is -0.476 e. The van der Waals surface area contributed by atoms with Gasteiger partial charge in [0, 0.05) is 5.75 Å². The fourth-order valence-corrected chi connectivity index (χ4v) is 2.18. The quantitative estimate of drug-likeness (QED) is 0.797. The molecule has 1 aromatic heterocycles. The Morgan fingerprint density at radius 1 is 1.38 bits per heavy atom. The zero-order valence-corrected chi connectivity index (χ0v) is 9.20. The number of nitrogens with one attached hydrogen (secondary N) is 1. The van der Waals surface area contributed by atoms with Gasteiger partial charge in [-0.3, -0.25) is 0 Å². The molecule has 0 atom stereocenters. The molecule has 0 aliphatic rings. The van der Waals surface area contributed by atoms with Gasteiger partial charge in [0.25, 0.3) is 0 Å². The molecule has 0 aliphatic carbocycles. The van der Waals surface area contributed by atoms with E-state index in [1.165, 1.54) is 18.1 Å². The SMILES string of the molecule is O=C(O)c1[nH]cnc1SCc1ccccc1. The summed E-state index contributed by atoms with van der Waals surface area (Å²) in [5.74, 6) is -0.264. The van der Waals surface area contributed by atoms with Crippen molar-refractivity contribution >= 4 is 17.7 Å². The van der Waals surface area contributed by atoms with Crippen LogP contribution in [-0.2, 0) is 5.75 Å². The molecular formula is C11H10N2O2S. The van der Waals surface area contributed by atoms with Gasteiger partial charge in [-0.15, -0.1) is 0 Å². The largest absolute Gasteiger partial charge is 0.476 e. The summed E-state index contributed by atoms with van der Waals surface area (Å²) >= 11 is 1.41. The number of aromatic nitrogens is 2. The number of carboxylic acid groups (broad SMARTS) is 1. The molecular weight excluding hydrogens is 224 g/mol. The third-order valence-corrected chi connectivity index (χ3v) is 3.10. The molecule has 4 nitrogen and oxygen atoms in total. The zero-order chi connectivity index (χ0) is 11.4. The van der Waals surface area contributed by atoms with Gasteiger partial charge in [0.2, 0.25) is 0 Å². The first kappa shape index (κ1) is 10.8. The van der Waals surface area contributed by atoms with E-state index in [1.54, 1.807) is 0 Å². The Balaban J connectivity index is 2.05. The molecule has 16 heavy (non-hydrogen) atoms. The second-order valence-corrected chi connectivity index (χ2v) is 4.13. The fraction of sp³-hybridized carbons (Fsp3) is 0.0909. The first-order valence-corrected chi connectivity index (χ1v) is 5.69. The number of H-pyrrole nitrogens is 1. The number of hydrogen-bond donors (Lipinski definition) is 2. The van der Waals surface area contributed by atoms with Gasteiger partial charge in [0.15, 0.2) is 5.69 Å². The van der Waals surface area contributed by atoms with E-state index in [2.05, 4.69) is 9.97 Å². The number of rotatable bonds is 4. The molecule has 0 aliphatic heterocycles. The number of carbonyl (C=O) groups is 1. The number of hydrogen-bond acceptors (Lipinski definition) is 3. The van der Waals surface area contributed by atoms with Crippen LogP contribution in [0.25, 0.3) is 0 Å². The maximum atomic E-state index is 10.8. The van der Waals surface area contributed by atoms with E-state index in [1.807, 2.05) is 30.3 Å². The topological polar surface area (TPSA) is 66.0 Å². The van der Waals surface area contributed by atoms with Crippen LogP contribution in [0.5, 0.6) is 0 Å². The number of thioether (sulfide) groups is 1. The highest BCUT2D eigenvalue weighted by Gasteiger charge is 2.12. The van der Waals surface area contributed by atoms with Crippen LogP contribution < -0.4 is 0 Å². The van der Waals surface area contributed by atoms with Crippen molar-refractivity contribution < 1.29 is 9.90 Å². The molecule has 5 heteroatoms. The van der Waals surface area contributed by atoms with Crippen LogP contribution in [-0.4, -0.2) is 21.0 Å². The van der Waals surface area contributed by atoms with Gasteiger partial charge in [-0.2, -0.15) is 0 Å². The van der Waals surface area contributed by atoms with Gasteiger partial charge in [0.1, 0.15) is 5.03 Å². The molecule has 0 amide bonds. The average molecular weight is 234 g/mol. The summed E-state index contributed by atoms with van der Waals surface area (Å²) in [6, 6.07) is 9.86. The third-order valence-electron chi connectivity index (χ3n) is 2.04. The van der Waals surface area contributed by atoms with E-state index >= 15 is 0 Å². The lowest BCUT2D eigenvalue weighted by Gasteiger charge is -1.99. The van der Waals surface area contributed by atoms with Crippen LogP contribution in [0.4, 0.5) is 0 Å². The van der Waals surface area contributed by atoms with Crippen LogP contribution in [0.15, 0.2) is 41.7 Å². The molecule has 0 spiro atoms. The summed E-state index contributed by atoms with van der Waals surface area (Å²) in [6.07, 6.45) is 1.40. The van der Waals surface area contributed by atoms with Crippen molar-refractivity contribution in [2.24, 2.45) is 0 Å². The van der Waals surface area contributed by atoms with E-state index in [4.69, 9.17) is 5.11 Å². The van der Waals surface area contributed by atoms with Crippen LogP contribution in [0.2, 0.25) is 0 Å². The first-order valence-electron chi connectivity index (χ1n) is 4.71. The molecule has 2 N–H and O–H groups in total. The Morgan fingerprint density at radius 3 is 2.81 bits per heavy atom. The van der Waals surface area contributed by atoms with Gasteiger partial charge < -0.3 is 10.1 Å². The van der Waals surface area contributed by atoms with Gasteiger partial charge in [0.05, 0.1) is 6.33 Å². The predicted molar refractivity (Wildman–Crippen MR) is 61.6 cm³/mol. The highest BCUT2D eigenvalue weighted by molar-refractivity contribution is 7.98. The minimum atomic E-state index is -0.979. The Kier molecular flexibility index (Phi) is 3.26. The highest BCUT2D eigenvalue weighted by Crippen LogP contribution is 2.23. The minimum absolute atomic E-state index is 0.154. The molecule has 82 valence electrons. The van der Waals surface area contributed by atoms with Crippen molar-refractivity contribution in [1.29, 1.82) is 0 Å². The van der Waals surface area contributed by atoms with Gasteiger partial charge in [-0.05, 0) is 5.56 Å². The Bertz CT molecular complexity index is 482. The zero-order valence-electron chi connectivity index (χ0n) is 8.38. The number of carboxylic acids is 1. The fourth-order valence-electron chi connectivity index (χ4n) is 1.27. The number of aromatic carboxylic acids is 1. The summed E-state index contributed by atoms with van der Waals surface area (Å²) in [5, 5.41) is 9.39. The van der Waals surface area contributed by atoms with E-state index in [9.17, 15) is 4.79 Å².